The third-order valence-corrected chi connectivity index (χ3v) is 10.2. The van der Waals surface area contributed by atoms with E-state index in [0.29, 0.717) is 0 Å². The van der Waals surface area contributed by atoms with Gasteiger partial charge in [0, 0.05) is 9.79 Å². The van der Waals surface area contributed by atoms with Crippen LogP contribution < -0.4 is 59.1 Å². The van der Waals surface area contributed by atoms with E-state index in [-0.39, 0.29) is 100.0 Å². The Hall–Kier alpha value is -0.610. The van der Waals surface area contributed by atoms with Gasteiger partial charge in [-0.15, -0.1) is 13.1 Å². The normalized spacial score (nSPS) is 12.0. The molecule has 200 valence electrons. The predicted molar refractivity (Wildman–Crippen MR) is 143 cm³/mol. The van der Waals surface area contributed by atoms with Crippen LogP contribution in [0.1, 0.15) is 16.7 Å². The molecule has 0 saturated carbocycles. The van der Waals surface area contributed by atoms with Gasteiger partial charge in [-0.2, -0.15) is 0 Å². The molecule has 0 spiro atoms. The minimum atomic E-state index is -4.07. The molecule has 3 rings (SSSR count). The third kappa shape index (κ3) is 10.3. The second-order valence-corrected chi connectivity index (χ2v) is 13.8. The smallest absolute Gasteiger partial charge is 0.544 e. The third-order valence-electron chi connectivity index (χ3n) is 5.52. The summed E-state index contributed by atoms with van der Waals surface area (Å²) in [6, 6.07) is 18.5. The number of nitrogens with zero attached hydrogens (tertiary/aromatic N) is 3. The molecule has 9 nitrogen and oxygen atoms in total. The summed E-state index contributed by atoms with van der Waals surface area (Å²) < 4.78 is 85.4. The van der Waals surface area contributed by atoms with Crippen LogP contribution in [0.25, 0.3) is 9.44 Å². The molecule has 0 aromatic heterocycles. The van der Waals surface area contributed by atoms with E-state index in [4.69, 9.17) is 0 Å². The van der Waals surface area contributed by atoms with Gasteiger partial charge in [-0.3, -0.25) is 0 Å². The van der Waals surface area contributed by atoms with E-state index >= 15 is 0 Å². The van der Waals surface area contributed by atoms with Crippen LogP contribution in [0.5, 0.6) is 0 Å². The molecule has 0 aliphatic rings. The van der Waals surface area contributed by atoms with Crippen LogP contribution in [-0.2, 0) is 30.1 Å². The molecule has 0 heterocycles. The predicted octanol–water partition coefficient (Wildman–Crippen LogP) is -1.86. The average molecular weight is 610 g/mol. The minimum absolute atomic E-state index is 0. The molecule has 0 atom stereocenters. The van der Waals surface area contributed by atoms with Crippen LogP contribution in [0.15, 0.2) is 87.5 Å². The fourth-order valence-corrected chi connectivity index (χ4v) is 6.65. The first-order valence-corrected chi connectivity index (χ1v) is 15.7. The van der Waals surface area contributed by atoms with Crippen LogP contribution in [-0.4, -0.2) is 55.7 Å². The quantitative estimate of drug-likeness (QED) is 0.221. The van der Waals surface area contributed by atoms with E-state index in [1.54, 1.807) is 36.4 Å². The fourth-order valence-electron chi connectivity index (χ4n) is 3.33. The van der Waals surface area contributed by atoms with E-state index in [1.165, 1.54) is 36.4 Å². The van der Waals surface area contributed by atoms with Crippen molar-refractivity contribution < 1.29 is 84.4 Å². The molecule has 0 aliphatic heterocycles. The number of hydrogen-bond donors (Lipinski definition) is 0. The number of benzene rings is 3. The maximum atomic E-state index is 13.3. The topological polar surface area (TPSA) is 134 Å². The molecule has 0 aliphatic carbocycles. The Kier molecular flexibility index (Phi) is 14.5. The number of hydrogen-bond acceptors (Lipinski definition) is 6. The van der Waals surface area contributed by atoms with Crippen molar-refractivity contribution in [2.45, 2.75) is 35.5 Å². The van der Waals surface area contributed by atoms with Crippen LogP contribution >= 0.6 is 0 Å². The summed E-state index contributed by atoms with van der Waals surface area (Å²) in [6.07, 6.45) is 0. The molecule has 3 aromatic carbocycles. The summed E-state index contributed by atoms with van der Waals surface area (Å²) >= 11 is 0. The average Bonchev–Trinajstić information content (AvgIpc) is 2.84. The van der Waals surface area contributed by atoms with Crippen LogP contribution in [0.3, 0.4) is 0 Å². The summed E-state index contributed by atoms with van der Waals surface area (Å²) in [5.41, 5.74) is 2.64. The van der Waals surface area contributed by atoms with Gasteiger partial charge in [-0.1, -0.05) is 53.1 Å². The van der Waals surface area contributed by atoms with Crippen LogP contribution in [0, 0.1) is 20.8 Å². The molecule has 3 aromatic rings. The Balaban J connectivity index is 0.00000380. The Morgan fingerprint density at radius 2 is 0.795 bits per heavy atom. The van der Waals surface area contributed by atoms with Crippen molar-refractivity contribution in [3.8, 4) is 0 Å². The molecule has 39 heavy (non-hydrogen) atoms. The Morgan fingerprint density at radius 3 is 1.10 bits per heavy atom. The van der Waals surface area contributed by atoms with E-state index < -0.39 is 30.1 Å². The van der Waals surface area contributed by atoms with Gasteiger partial charge in [0.2, 0.25) is 10.0 Å². The van der Waals surface area contributed by atoms with Gasteiger partial charge in [0.15, 0.2) is 0 Å². The van der Waals surface area contributed by atoms with Gasteiger partial charge in [-0.05, 0) is 70.3 Å². The first-order chi connectivity index (χ1) is 17.3. The number of sulfonamides is 3. The minimum Gasteiger partial charge on any atom is -0.544 e. The van der Waals surface area contributed by atoms with E-state index in [2.05, 4.69) is 9.44 Å². The second-order valence-electron chi connectivity index (χ2n) is 8.50. The van der Waals surface area contributed by atoms with Gasteiger partial charge in [0.1, 0.15) is 20.0 Å². The molecular formula is C25H29N3Na2O6S3. The Labute approximate surface area is 276 Å². The molecule has 0 saturated heterocycles. The largest absolute Gasteiger partial charge is 1.00 e. The van der Waals surface area contributed by atoms with Crippen molar-refractivity contribution in [3.63, 3.8) is 0 Å². The van der Waals surface area contributed by atoms with Crippen molar-refractivity contribution in [1.82, 2.24) is 4.31 Å². The molecule has 0 bridgehead atoms. The van der Waals surface area contributed by atoms with E-state index in [1.807, 2.05) is 20.8 Å². The summed E-state index contributed by atoms with van der Waals surface area (Å²) in [7, 11) is -12.0. The van der Waals surface area contributed by atoms with E-state index in [9.17, 15) is 25.3 Å². The number of aryl methyl sites for hydroxylation is 3. The van der Waals surface area contributed by atoms with Crippen LogP contribution in [0.2, 0.25) is 0 Å². The van der Waals surface area contributed by atoms with Crippen molar-refractivity contribution in [2.75, 3.05) is 26.2 Å². The Bertz CT molecular complexity index is 1450. The van der Waals surface area contributed by atoms with Crippen molar-refractivity contribution in [2.24, 2.45) is 0 Å². The maximum Gasteiger partial charge on any atom is 1.00 e. The molecule has 0 N–H and O–H groups in total. The molecule has 0 fully saturated rings. The SMILES string of the molecule is Cc1ccc(S(=O)(=O)[N-]CCN(CC[N-]S(=O)(=O)c2ccc(C)cc2)S(=O)(=O)c2ccc(C)cc2)cc1.[Na+].[Na+]. The molecule has 14 heteroatoms. The molecule has 0 unspecified atom stereocenters. The van der Waals surface area contributed by atoms with Gasteiger partial charge in [-0.25, -0.2) is 29.6 Å². The monoisotopic (exact) mass is 609 g/mol. The number of rotatable bonds is 12. The fraction of sp³-hybridized carbons (Fsp3) is 0.280. The Morgan fingerprint density at radius 1 is 0.513 bits per heavy atom. The van der Waals surface area contributed by atoms with Gasteiger partial charge in [0.25, 0.3) is 0 Å². The zero-order chi connectivity index (χ0) is 27.3. The van der Waals surface area contributed by atoms with Crippen molar-refractivity contribution >= 4 is 30.1 Å². The standard InChI is InChI=1S/C25H29N3O6S3.2Na/c1-20-4-10-23(11-5-20)35(29,30)26-16-18-28(37(33,34)25-14-8-22(3)9-15-25)19-17-27-36(31,32)24-12-6-21(2)7-13-24;;/h4-15H,16-19H2,1-3H3;;/q-2;2*+1. The maximum absolute atomic E-state index is 13.3. The van der Waals surface area contributed by atoms with E-state index in [0.717, 1.165) is 21.0 Å². The molecule has 0 amide bonds. The molecular weight excluding hydrogens is 580 g/mol. The first kappa shape index (κ1) is 36.4. The summed E-state index contributed by atoms with van der Waals surface area (Å²) in [6.45, 7) is 4.23. The van der Waals surface area contributed by atoms with Gasteiger partial charge >= 0.3 is 59.1 Å². The zero-order valence-electron chi connectivity index (χ0n) is 22.8. The summed E-state index contributed by atoms with van der Waals surface area (Å²) in [5, 5.41) is 0. The zero-order valence-corrected chi connectivity index (χ0v) is 29.2. The van der Waals surface area contributed by atoms with Gasteiger partial charge in [0.05, 0.1) is 4.90 Å². The van der Waals surface area contributed by atoms with Gasteiger partial charge < -0.3 is 9.44 Å². The first-order valence-electron chi connectivity index (χ1n) is 11.4. The van der Waals surface area contributed by atoms with Crippen molar-refractivity contribution in [3.05, 3.63) is 98.9 Å². The summed E-state index contributed by atoms with van der Waals surface area (Å²) in [4.78, 5) is 0.0105. The second kappa shape index (κ2) is 15.6. The van der Waals surface area contributed by atoms with Crippen LogP contribution in [0.4, 0.5) is 0 Å². The van der Waals surface area contributed by atoms with Crippen molar-refractivity contribution in [1.29, 1.82) is 0 Å². The molecule has 0 radical (unpaired) electrons. The summed E-state index contributed by atoms with van der Waals surface area (Å²) in [5.74, 6) is 0.